The highest BCUT2D eigenvalue weighted by Crippen LogP contribution is 2.21. The molecule has 1 atom stereocenters. The highest BCUT2D eigenvalue weighted by Gasteiger charge is 2.14. The summed E-state index contributed by atoms with van der Waals surface area (Å²) in [6, 6.07) is 19.2. The summed E-state index contributed by atoms with van der Waals surface area (Å²) in [5.41, 5.74) is 4.33. The van der Waals surface area contributed by atoms with Crippen molar-refractivity contribution in [1.82, 2.24) is 9.88 Å². The predicted octanol–water partition coefficient (Wildman–Crippen LogP) is 2.85. The summed E-state index contributed by atoms with van der Waals surface area (Å²) in [5.74, 6) is 0.530. The Morgan fingerprint density at radius 3 is 2.59 bits per heavy atom. The Balaban J connectivity index is 1.42. The van der Waals surface area contributed by atoms with Gasteiger partial charge in [0.25, 0.3) is 5.56 Å². The van der Waals surface area contributed by atoms with Crippen LogP contribution in [0.3, 0.4) is 0 Å². The van der Waals surface area contributed by atoms with E-state index in [-0.39, 0.29) is 12.1 Å². The van der Waals surface area contributed by atoms with E-state index in [1.807, 2.05) is 36.4 Å². The van der Waals surface area contributed by atoms with E-state index in [1.54, 1.807) is 12.3 Å². The summed E-state index contributed by atoms with van der Waals surface area (Å²) >= 11 is 0. The fourth-order valence-electron chi connectivity index (χ4n) is 3.66. The van der Waals surface area contributed by atoms with Crippen molar-refractivity contribution in [3.8, 4) is 5.75 Å². The molecule has 3 aromatic rings. The second-order valence-electron chi connectivity index (χ2n) is 7.42. The predicted molar refractivity (Wildman–Crippen MR) is 113 cm³/mol. The Hall–Kier alpha value is -2.89. The van der Waals surface area contributed by atoms with Crippen LogP contribution in [0.2, 0.25) is 0 Å². The number of aliphatic hydroxyl groups is 1. The van der Waals surface area contributed by atoms with Crippen molar-refractivity contribution in [1.29, 1.82) is 0 Å². The van der Waals surface area contributed by atoms with Crippen LogP contribution >= 0.6 is 0 Å². The van der Waals surface area contributed by atoms with Crippen LogP contribution in [-0.4, -0.2) is 22.8 Å². The number of ether oxygens (including phenoxy) is 1. The lowest BCUT2D eigenvalue weighted by Crippen LogP contribution is -2.22. The quantitative estimate of drug-likeness (QED) is 0.679. The summed E-state index contributed by atoms with van der Waals surface area (Å²) in [7, 11) is 0. The minimum atomic E-state index is -0.731. The Morgan fingerprint density at radius 2 is 1.79 bits per heavy atom. The molecule has 5 nitrogen and oxygen atoms in total. The van der Waals surface area contributed by atoms with Gasteiger partial charge in [0, 0.05) is 12.3 Å². The van der Waals surface area contributed by atoms with Crippen LogP contribution in [0, 0.1) is 0 Å². The van der Waals surface area contributed by atoms with Crippen molar-refractivity contribution < 1.29 is 9.84 Å². The average molecular weight is 390 g/mol. The topological polar surface area (TPSA) is 63.5 Å². The van der Waals surface area contributed by atoms with Crippen LogP contribution in [0.25, 0.3) is 0 Å². The van der Waals surface area contributed by atoms with Gasteiger partial charge in [-0.25, -0.2) is 0 Å². The third-order valence-electron chi connectivity index (χ3n) is 5.34. The standard InChI is InChI=1S/C24H26N2O3/c27-23(21-7-6-19-8-11-25-12-9-20(19)14-21)16-26-13-10-22(15-24(26)28)29-17-18-4-2-1-3-5-18/h1-7,10,13-15,23,25,27H,8-9,11-12,16-17H2. The molecule has 0 saturated carbocycles. The van der Waals surface area contributed by atoms with Gasteiger partial charge in [0.15, 0.2) is 0 Å². The molecule has 1 aliphatic heterocycles. The SMILES string of the molecule is O=c1cc(OCc2ccccc2)ccn1CC(O)c1ccc2c(c1)CCNCC2. The van der Waals surface area contributed by atoms with Gasteiger partial charge in [0.2, 0.25) is 0 Å². The molecule has 0 radical (unpaired) electrons. The van der Waals surface area contributed by atoms with Gasteiger partial charge in [0.05, 0.1) is 12.6 Å². The maximum absolute atomic E-state index is 12.5. The first-order valence-electron chi connectivity index (χ1n) is 10.1. The molecule has 0 aliphatic carbocycles. The third kappa shape index (κ3) is 4.94. The Kier molecular flexibility index (Phi) is 6.08. The third-order valence-corrected chi connectivity index (χ3v) is 5.34. The van der Waals surface area contributed by atoms with Crippen molar-refractivity contribution in [2.45, 2.75) is 32.1 Å². The van der Waals surface area contributed by atoms with E-state index in [1.165, 1.54) is 21.8 Å². The van der Waals surface area contributed by atoms with Crippen LogP contribution < -0.4 is 15.6 Å². The summed E-state index contributed by atoms with van der Waals surface area (Å²) in [6.07, 6.45) is 2.92. The largest absolute Gasteiger partial charge is 0.489 e. The van der Waals surface area contributed by atoms with Crippen molar-refractivity contribution in [2.75, 3.05) is 13.1 Å². The monoisotopic (exact) mass is 390 g/mol. The van der Waals surface area contributed by atoms with E-state index in [4.69, 9.17) is 4.74 Å². The fraction of sp³-hybridized carbons (Fsp3) is 0.292. The lowest BCUT2D eigenvalue weighted by molar-refractivity contribution is 0.155. The molecule has 150 valence electrons. The number of fused-ring (bicyclic) bond motifs is 1. The molecule has 0 amide bonds. The number of aromatic nitrogens is 1. The van der Waals surface area contributed by atoms with Crippen LogP contribution in [0.4, 0.5) is 0 Å². The van der Waals surface area contributed by atoms with Gasteiger partial charge in [-0.3, -0.25) is 4.79 Å². The minimum Gasteiger partial charge on any atom is -0.489 e. The number of nitrogens with one attached hydrogen (secondary N) is 1. The number of benzene rings is 2. The maximum atomic E-state index is 12.5. The van der Waals surface area contributed by atoms with Crippen LogP contribution in [0.5, 0.6) is 5.75 Å². The van der Waals surface area contributed by atoms with Crippen LogP contribution in [0.1, 0.15) is 28.4 Å². The Bertz CT molecular complexity index is 1010. The Morgan fingerprint density at radius 1 is 1.00 bits per heavy atom. The van der Waals surface area contributed by atoms with Crippen molar-refractivity contribution in [3.05, 3.63) is 99.5 Å². The normalized spacial score (nSPS) is 14.7. The van der Waals surface area contributed by atoms with Gasteiger partial charge < -0.3 is 19.7 Å². The molecule has 0 saturated heterocycles. The van der Waals surface area contributed by atoms with E-state index in [0.717, 1.165) is 37.1 Å². The highest BCUT2D eigenvalue weighted by molar-refractivity contribution is 5.34. The van der Waals surface area contributed by atoms with E-state index >= 15 is 0 Å². The lowest BCUT2D eigenvalue weighted by Gasteiger charge is -2.16. The molecular formula is C24H26N2O3. The van der Waals surface area contributed by atoms with Gasteiger partial charge in [-0.15, -0.1) is 0 Å². The zero-order valence-electron chi connectivity index (χ0n) is 16.4. The number of nitrogens with zero attached hydrogens (tertiary/aromatic N) is 1. The molecule has 2 aromatic carbocycles. The first kappa shape index (κ1) is 19.4. The molecule has 5 heteroatoms. The first-order valence-corrected chi connectivity index (χ1v) is 10.1. The number of aliphatic hydroxyl groups excluding tert-OH is 1. The number of hydrogen-bond acceptors (Lipinski definition) is 4. The molecule has 29 heavy (non-hydrogen) atoms. The molecule has 2 N–H and O–H groups in total. The fourth-order valence-corrected chi connectivity index (χ4v) is 3.66. The highest BCUT2D eigenvalue weighted by atomic mass is 16.5. The number of rotatable bonds is 6. The molecule has 0 fully saturated rings. The Labute approximate surface area is 170 Å². The summed E-state index contributed by atoms with van der Waals surface area (Å²) < 4.78 is 7.23. The second kappa shape index (κ2) is 9.07. The first-order chi connectivity index (χ1) is 14.2. The summed E-state index contributed by atoms with van der Waals surface area (Å²) in [4.78, 5) is 12.5. The zero-order chi connectivity index (χ0) is 20.1. The van der Waals surface area contributed by atoms with E-state index in [2.05, 4.69) is 17.4 Å². The summed E-state index contributed by atoms with van der Waals surface area (Å²) in [5, 5.41) is 14.1. The maximum Gasteiger partial charge on any atom is 0.254 e. The molecular weight excluding hydrogens is 364 g/mol. The molecule has 4 rings (SSSR count). The minimum absolute atomic E-state index is 0.187. The molecule has 0 bridgehead atoms. The van der Waals surface area contributed by atoms with E-state index < -0.39 is 6.10 Å². The van der Waals surface area contributed by atoms with E-state index in [9.17, 15) is 9.90 Å². The van der Waals surface area contributed by atoms with Crippen LogP contribution in [-0.2, 0) is 26.0 Å². The average Bonchev–Trinajstić information content (AvgIpc) is 2.99. The molecule has 1 aromatic heterocycles. The molecule has 1 unspecified atom stereocenters. The molecule has 1 aliphatic rings. The van der Waals surface area contributed by atoms with Gasteiger partial charge in [-0.2, -0.15) is 0 Å². The second-order valence-corrected chi connectivity index (χ2v) is 7.42. The zero-order valence-corrected chi connectivity index (χ0v) is 16.4. The van der Waals surface area contributed by atoms with Crippen molar-refractivity contribution >= 4 is 0 Å². The molecule has 0 spiro atoms. The summed E-state index contributed by atoms with van der Waals surface area (Å²) in [6.45, 7) is 2.57. The van der Waals surface area contributed by atoms with Gasteiger partial charge >= 0.3 is 0 Å². The van der Waals surface area contributed by atoms with Gasteiger partial charge in [0.1, 0.15) is 12.4 Å². The molecule has 2 heterocycles. The van der Waals surface area contributed by atoms with E-state index in [0.29, 0.717) is 12.4 Å². The lowest BCUT2D eigenvalue weighted by atomic mass is 9.97. The van der Waals surface area contributed by atoms with Crippen molar-refractivity contribution in [2.24, 2.45) is 0 Å². The van der Waals surface area contributed by atoms with Crippen molar-refractivity contribution in [3.63, 3.8) is 0 Å². The van der Waals surface area contributed by atoms with Gasteiger partial charge in [-0.05, 0) is 54.3 Å². The number of hydrogen-bond donors (Lipinski definition) is 2. The smallest absolute Gasteiger partial charge is 0.254 e. The number of pyridine rings is 1. The van der Waals surface area contributed by atoms with Crippen LogP contribution in [0.15, 0.2) is 71.7 Å². The van der Waals surface area contributed by atoms with Gasteiger partial charge in [-0.1, -0.05) is 48.5 Å².